The van der Waals surface area contributed by atoms with Crippen molar-refractivity contribution in [3.05, 3.63) is 30.0 Å². The molecule has 0 spiro atoms. The van der Waals surface area contributed by atoms with E-state index >= 15 is 0 Å². The SMILES string of the molecule is CON(C)C(=O)c1ccc2cnn(C3CCCCO3)c2c1. The van der Waals surface area contributed by atoms with Crippen molar-refractivity contribution in [2.75, 3.05) is 20.8 Å². The first kappa shape index (κ1) is 14.0. The quantitative estimate of drug-likeness (QED) is 0.814. The molecule has 0 bridgehead atoms. The van der Waals surface area contributed by atoms with E-state index in [0.717, 1.165) is 36.8 Å². The van der Waals surface area contributed by atoms with Crippen molar-refractivity contribution in [1.29, 1.82) is 0 Å². The van der Waals surface area contributed by atoms with Crippen LogP contribution in [0.4, 0.5) is 0 Å². The van der Waals surface area contributed by atoms with E-state index in [-0.39, 0.29) is 12.1 Å². The van der Waals surface area contributed by atoms with Gasteiger partial charge in [-0.2, -0.15) is 5.10 Å². The van der Waals surface area contributed by atoms with Crippen LogP contribution in [-0.2, 0) is 9.57 Å². The van der Waals surface area contributed by atoms with E-state index in [1.165, 1.54) is 12.2 Å². The Labute approximate surface area is 123 Å². The molecular weight excluding hydrogens is 270 g/mol. The number of carbonyl (C=O) groups is 1. The van der Waals surface area contributed by atoms with Crippen molar-refractivity contribution in [2.24, 2.45) is 0 Å². The minimum absolute atomic E-state index is 0.0400. The molecule has 2 aromatic rings. The van der Waals surface area contributed by atoms with Gasteiger partial charge in [0.25, 0.3) is 5.91 Å². The molecule has 1 fully saturated rings. The number of ether oxygens (including phenoxy) is 1. The maximum Gasteiger partial charge on any atom is 0.277 e. The van der Waals surface area contributed by atoms with E-state index in [9.17, 15) is 4.79 Å². The van der Waals surface area contributed by atoms with Crippen LogP contribution in [0.5, 0.6) is 0 Å². The van der Waals surface area contributed by atoms with Gasteiger partial charge in [0.05, 0.1) is 18.8 Å². The summed E-state index contributed by atoms with van der Waals surface area (Å²) in [5, 5.41) is 6.63. The number of hydroxylamine groups is 2. The van der Waals surface area contributed by atoms with Crippen LogP contribution in [0.3, 0.4) is 0 Å². The molecule has 0 N–H and O–H groups in total. The van der Waals surface area contributed by atoms with Crippen molar-refractivity contribution >= 4 is 16.8 Å². The first-order valence-corrected chi connectivity index (χ1v) is 7.12. The van der Waals surface area contributed by atoms with Crippen molar-refractivity contribution in [1.82, 2.24) is 14.8 Å². The molecule has 1 aromatic heterocycles. The largest absolute Gasteiger partial charge is 0.356 e. The molecular formula is C15H19N3O3. The summed E-state index contributed by atoms with van der Waals surface area (Å²) in [6.45, 7) is 0.761. The van der Waals surface area contributed by atoms with Gasteiger partial charge in [-0.15, -0.1) is 0 Å². The van der Waals surface area contributed by atoms with Gasteiger partial charge in [0.15, 0.2) is 6.23 Å². The standard InChI is InChI=1S/C15H19N3O3/c1-17(20-2)15(19)11-6-7-12-10-16-18(13(12)9-11)14-5-3-4-8-21-14/h6-7,9-10,14H,3-5,8H2,1-2H3. The molecule has 1 saturated heterocycles. The number of rotatable bonds is 3. The topological polar surface area (TPSA) is 56.6 Å². The number of hydrogen-bond donors (Lipinski definition) is 0. The Kier molecular flexibility index (Phi) is 3.90. The average molecular weight is 289 g/mol. The third-order valence-corrected chi connectivity index (χ3v) is 3.83. The number of hydrogen-bond acceptors (Lipinski definition) is 4. The lowest BCUT2D eigenvalue weighted by Gasteiger charge is -2.23. The summed E-state index contributed by atoms with van der Waals surface area (Å²) in [4.78, 5) is 17.1. The number of amides is 1. The second-order valence-corrected chi connectivity index (χ2v) is 5.17. The van der Waals surface area contributed by atoms with E-state index in [0.29, 0.717) is 5.56 Å². The van der Waals surface area contributed by atoms with Gasteiger partial charge in [-0.05, 0) is 31.4 Å². The highest BCUT2D eigenvalue weighted by Crippen LogP contribution is 2.26. The molecule has 1 amide bonds. The number of carbonyl (C=O) groups excluding carboxylic acids is 1. The van der Waals surface area contributed by atoms with Gasteiger partial charge in [0, 0.05) is 24.6 Å². The predicted octanol–water partition coefficient (Wildman–Crippen LogP) is 2.37. The van der Waals surface area contributed by atoms with Crippen LogP contribution in [0, 0.1) is 0 Å². The summed E-state index contributed by atoms with van der Waals surface area (Å²) in [5.74, 6) is -0.184. The minimum Gasteiger partial charge on any atom is -0.356 e. The van der Waals surface area contributed by atoms with Crippen molar-refractivity contribution in [2.45, 2.75) is 25.5 Å². The molecule has 3 rings (SSSR count). The molecule has 6 nitrogen and oxygen atoms in total. The highest BCUT2D eigenvalue weighted by molar-refractivity contribution is 5.97. The molecule has 21 heavy (non-hydrogen) atoms. The van der Waals surface area contributed by atoms with Gasteiger partial charge in [-0.3, -0.25) is 9.63 Å². The van der Waals surface area contributed by atoms with E-state index in [1.807, 2.05) is 23.0 Å². The molecule has 1 aliphatic rings. The monoisotopic (exact) mass is 289 g/mol. The molecule has 6 heteroatoms. The van der Waals surface area contributed by atoms with Crippen LogP contribution in [-0.4, -0.2) is 41.5 Å². The van der Waals surface area contributed by atoms with Gasteiger partial charge < -0.3 is 4.74 Å². The summed E-state index contributed by atoms with van der Waals surface area (Å²) >= 11 is 0. The highest BCUT2D eigenvalue weighted by atomic mass is 16.7. The smallest absolute Gasteiger partial charge is 0.277 e. The summed E-state index contributed by atoms with van der Waals surface area (Å²) in [7, 11) is 3.06. The zero-order valence-electron chi connectivity index (χ0n) is 12.3. The molecule has 0 aliphatic carbocycles. The number of nitrogens with zero attached hydrogens (tertiary/aromatic N) is 3. The molecule has 1 aromatic carbocycles. The van der Waals surface area contributed by atoms with Gasteiger partial charge in [-0.1, -0.05) is 6.07 Å². The normalized spacial score (nSPS) is 18.9. The minimum atomic E-state index is -0.184. The van der Waals surface area contributed by atoms with Crippen LogP contribution in [0.25, 0.3) is 10.9 Å². The Morgan fingerprint density at radius 1 is 1.48 bits per heavy atom. The lowest BCUT2D eigenvalue weighted by atomic mass is 10.1. The number of benzene rings is 1. The Morgan fingerprint density at radius 3 is 3.05 bits per heavy atom. The first-order chi connectivity index (χ1) is 10.2. The summed E-state index contributed by atoms with van der Waals surface area (Å²) < 4.78 is 7.65. The van der Waals surface area contributed by atoms with Crippen molar-refractivity contribution in [3.63, 3.8) is 0 Å². The molecule has 1 unspecified atom stereocenters. The summed E-state index contributed by atoms with van der Waals surface area (Å²) in [6, 6.07) is 5.53. The lowest BCUT2D eigenvalue weighted by Crippen LogP contribution is -2.25. The maximum atomic E-state index is 12.2. The van der Waals surface area contributed by atoms with Crippen molar-refractivity contribution in [3.8, 4) is 0 Å². The molecule has 2 heterocycles. The third kappa shape index (κ3) is 2.64. The van der Waals surface area contributed by atoms with Crippen LogP contribution in [0.15, 0.2) is 24.4 Å². The third-order valence-electron chi connectivity index (χ3n) is 3.83. The van der Waals surface area contributed by atoms with Gasteiger partial charge in [0.2, 0.25) is 0 Å². The molecule has 1 atom stereocenters. The summed E-state index contributed by atoms with van der Waals surface area (Å²) in [5.41, 5.74) is 1.49. The van der Waals surface area contributed by atoms with E-state index in [2.05, 4.69) is 5.10 Å². The number of aromatic nitrogens is 2. The van der Waals surface area contributed by atoms with E-state index in [4.69, 9.17) is 9.57 Å². The molecule has 1 aliphatic heterocycles. The van der Waals surface area contributed by atoms with Crippen LogP contribution in [0.1, 0.15) is 35.8 Å². The second kappa shape index (κ2) is 5.83. The average Bonchev–Trinajstić information content (AvgIpc) is 2.97. The maximum absolute atomic E-state index is 12.2. The molecule has 112 valence electrons. The highest BCUT2D eigenvalue weighted by Gasteiger charge is 2.20. The van der Waals surface area contributed by atoms with Crippen LogP contribution in [0.2, 0.25) is 0 Å². The Balaban J connectivity index is 1.97. The first-order valence-electron chi connectivity index (χ1n) is 7.12. The van der Waals surface area contributed by atoms with Gasteiger partial charge in [-0.25, -0.2) is 9.75 Å². The number of fused-ring (bicyclic) bond motifs is 1. The fourth-order valence-electron chi connectivity index (χ4n) is 2.58. The zero-order valence-corrected chi connectivity index (χ0v) is 12.3. The zero-order chi connectivity index (χ0) is 14.8. The second-order valence-electron chi connectivity index (χ2n) is 5.17. The molecule has 0 saturated carbocycles. The lowest BCUT2D eigenvalue weighted by molar-refractivity contribution is -0.0756. The predicted molar refractivity (Wildman–Crippen MR) is 77.7 cm³/mol. The summed E-state index contributed by atoms with van der Waals surface area (Å²) in [6.07, 6.45) is 4.95. The van der Waals surface area contributed by atoms with Crippen molar-refractivity contribution < 1.29 is 14.4 Å². The fraction of sp³-hybridized carbons (Fsp3) is 0.467. The van der Waals surface area contributed by atoms with E-state index < -0.39 is 0 Å². The van der Waals surface area contributed by atoms with E-state index in [1.54, 1.807) is 13.1 Å². The van der Waals surface area contributed by atoms with Crippen LogP contribution >= 0.6 is 0 Å². The van der Waals surface area contributed by atoms with Crippen LogP contribution < -0.4 is 0 Å². The fourth-order valence-corrected chi connectivity index (χ4v) is 2.58. The Morgan fingerprint density at radius 2 is 2.33 bits per heavy atom. The Bertz CT molecular complexity index is 647. The molecule has 0 radical (unpaired) electrons. The Hall–Kier alpha value is -1.92. The van der Waals surface area contributed by atoms with Gasteiger partial charge >= 0.3 is 0 Å². The van der Waals surface area contributed by atoms with Gasteiger partial charge in [0.1, 0.15) is 0 Å².